The first-order chi connectivity index (χ1) is 7.84. The number of hydrogen-bond acceptors (Lipinski definition) is 2. The van der Waals surface area contributed by atoms with Crippen molar-refractivity contribution in [2.75, 3.05) is 27.2 Å². The largest absolute Gasteiger partial charge is 0.492 e. The predicted molar refractivity (Wildman–Crippen MR) is 76.5 cm³/mol. The third-order valence-electron chi connectivity index (χ3n) is 2.36. The molecule has 1 atom stereocenters. The van der Waals surface area contributed by atoms with E-state index < -0.39 is 0 Å². The Bertz CT molecular complexity index is 265. The van der Waals surface area contributed by atoms with Crippen LogP contribution in [0.3, 0.4) is 0 Å². The topological polar surface area (TPSA) is 12.5 Å². The molecular formula is C14H26ClNO. The zero-order chi connectivity index (χ0) is 13.4. The van der Waals surface area contributed by atoms with Crippen LogP contribution in [-0.2, 0) is 4.74 Å². The molecule has 2 nitrogen and oxygen atoms in total. The molecule has 0 spiro atoms. The fourth-order valence-corrected chi connectivity index (χ4v) is 1.17. The van der Waals surface area contributed by atoms with Crippen LogP contribution in [0.4, 0.5) is 0 Å². The van der Waals surface area contributed by atoms with E-state index in [4.69, 9.17) is 16.3 Å². The highest BCUT2D eigenvalue weighted by Crippen LogP contribution is 2.14. The maximum absolute atomic E-state index is 6.18. The Hall–Kier alpha value is -0.470. The van der Waals surface area contributed by atoms with E-state index in [-0.39, 0.29) is 5.38 Å². The van der Waals surface area contributed by atoms with Gasteiger partial charge < -0.3 is 9.64 Å². The van der Waals surface area contributed by atoms with E-state index >= 15 is 0 Å². The van der Waals surface area contributed by atoms with Gasteiger partial charge in [-0.25, -0.2) is 0 Å². The second-order valence-corrected chi connectivity index (χ2v) is 5.57. The van der Waals surface area contributed by atoms with Crippen LogP contribution in [0.5, 0.6) is 0 Å². The van der Waals surface area contributed by atoms with Crippen LogP contribution in [0.2, 0.25) is 0 Å². The number of likely N-dealkylation sites (N-methyl/N-ethyl adjacent to an activating group) is 1. The third-order valence-corrected chi connectivity index (χ3v) is 3.01. The number of rotatable bonds is 7. The zero-order valence-electron chi connectivity index (χ0n) is 12.0. The molecule has 0 heterocycles. The minimum absolute atomic E-state index is 0.0572. The molecule has 0 N–H and O–H groups in total. The summed E-state index contributed by atoms with van der Waals surface area (Å²) < 4.78 is 5.74. The molecular weight excluding hydrogens is 234 g/mol. The van der Waals surface area contributed by atoms with Gasteiger partial charge in [-0.1, -0.05) is 19.9 Å². The van der Waals surface area contributed by atoms with Gasteiger partial charge in [0.2, 0.25) is 0 Å². The van der Waals surface area contributed by atoms with E-state index in [0.717, 1.165) is 12.3 Å². The number of ether oxygens (including phenoxy) is 1. The number of halogens is 1. The summed E-state index contributed by atoms with van der Waals surface area (Å²) >= 11 is 6.18. The lowest BCUT2D eigenvalue weighted by Gasteiger charge is -2.13. The molecule has 0 saturated heterocycles. The molecule has 0 saturated carbocycles. The minimum Gasteiger partial charge on any atom is -0.492 e. The van der Waals surface area contributed by atoms with Crippen LogP contribution in [0.1, 0.15) is 27.7 Å². The molecule has 0 rings (SSSR count). The summed E-state index contributed by atoms with van der Waals surface area (Å²) in [4.78, 5) is 2.10. The van der Waals surface area contributed by atoms with E-state index in [1.807, 2.05) is 40.1 Å². The van der Waals surface area contributed by atoms with E-state index in [1.54, 1.807) is 0 Å². The maximum atomic E-state index is 6.18. The van der Waals surface area contributed by atoms with E-state index in [2.05, 4.69) is 18.7 Å². The lowest BCUT2D eigenvalue weighted by atomic mass is 10.1. The summed E-state index contributed by atoms with van der Waals surface area (Å²) in [6.07, 6.45) is 3.99. The Morgan fingerprint density at radius 3 is 2.29 bits per heavy atom. The highest BCUT2D eigenvalue weighted by molar-refractivity contribution is 6.21. The Morgan fingerprint density at radius 2 is 1.88 bits per heavy atom. The molecule has 100 valence electrons. The van der Waals surface area contributed by atoms with Gasteiger partial charge in [-0.05, 0) is 45.5 Å². The molecule has 0 amide bonds. The van der Waals surface area contributed by atoms with Crippen LogP contribution in [0, 0.1) is 5.92 Å². The number of alkyl halides is 1. The van der Waals surface area contributed by atoms with E-state index in [9.17, 15) is 0 Å². The third kappa shape index (κ3) is 8.28. The van der Waals surface area contributed by atoms with Gasteiger partial charge in [-0.3, -0.25) is 0 Å². The molecule has 17 heavy (non-hydrogen) atoms. The zero-order valence-corrected chi connectivity index (χ0v) is 12.7. The first-order valence-corrected chi connectivity index (χ1v) is 6.55. The normalized spacial score (nSPS) is 13.5. The highest BCUT2D eigenvalue weighted by Gasteiger charge is 2.05. The summed E-state index contributed by atoms with van der Waals surface area (Å²) in [5.74, 6) is 1.37. The van der Waals surface area contributed by atoms with Crippen molar-refractivity contribution in [2.45, 2.75) is 33.1 Å². The van der Waals surface area contributed by atoms with Crippen LogP contribution in [-0.4, -0.2) is 37.5 Å². The van der Waals surface area contributed by atoms with Gasteiger partial charge in [0.15, 0.2) is 0 Å². The van der Waals surface area contributed by atoms with Gasteiger partial charge >= 0.3 is 0 Å². The first kappa shape index (κ1) is 16.5. The summed E-state index contributed by atoms with van der Waals surface area (Å²) in [5, 5.41) is 0.0572. The van der Waals surface area contributed by atoms with Crippen molar-refractivity contribution in [3.63, 3.8) is 0 Å². The molecule has 0 fully saturated rings. The molecule has 0 radical (unpaired) electrons. The van der Waals surface area contributed by atoms with Crippen molar-refractivity contribution in [3.05, 3.63) is 23.5 Å². The van der Waals surface area contributed by atoms with Gasteiger partial charge in [-0.2, -0.15) is 0 Å². The average molecular weight is 260 g/mol. The summed E-state index contributed by atoms with van der Waals surface area (Å²) in [7, 11) is 4.07. The Labute approximate surface area is 111 Å². The van der Waals surface area contributed by atoms with Crippen molar-refractivity contribution in [2.24, 2.45) is 5.92 Å². The van der Waals surface area contributed by atoms with Crippen molar-refractivity contribution in [1.29, 1.82) is 0 Å². The fourth-order valence-electron chi connectivity index (χ4n) is 1.10. The second kappa shape index (κ2) is 8.60. The highest BCUT2D eigenvalue weighted by atomic mass is 35.5. The lowest BCUT2D eigenvalue weighted by molar-refractivity contribution is 0.190. The van der Waals surface area contributed by atoms with E-state index in [1.165, 1.54) is 5.57 Å². The van der Waals surface area contributed by atoms with Crippen molar-refractivity contribution >= 4 is 11.6 Å². The SMILES string of the molecule is CC(C)=C(/C=C\C(Cl)C(C)C)OCCN(C)C. The van der Waals surface area contributed by atoms with Crippen molar-refractivity contribution < 1.29 is 4.74 Å². The summed E-state index contributed by atoms with van der Waals surface area (Å²) in [5.41, 5.74) is 1.17. The molecule has 0 aromatic rings. The average Bonchev–Trinajstić information content (AvgIpc) is 2.21. The quantitative estimate of drug-likeness (QED) is 0.393. The predicted octanol–water partition coefficient (Wildman–Crippen LogP) is 3.68. The number of hydrogen-bond donors (Lipinski definition) is 0. The van der Waals surface area contributed by atoms with Crippen LogP contribution >= 0.6 is 11.6 Å². The van der Waals surface area contributed by atoms with Crippen molar-refractivity contribution in [1.82, 2.24) is 4.90 Å². The minimum atomic E-state index is 0.0572. The molecule has 3 heteroatoms. The van der Waals surface area contributed by atoms with E-state index in [0.29, 0.717) is 12.5 Å². The first-order valence-electron chi connectivity index (χ1n) is 6.12. The fraction of sp³-hybridized carbons (Fsp3) is 0.714. The van der Waals surface area contributed by atoms with Gasteiger partial charge in [-0.15, -0.1) is 11.6 Å². The molecule has 0 aromatic carbocycles. The molecule has 0 aromatic heterocycles. The Kier molecular flexibility index (Phi) is 8.36. The van der Waals surface area contributed by atoms with Crippen LogP contribution in [0.25, 0.3) is 0 Å². The molecule has 0 bridgehead atoms. The van der Waals surface area contributed by atoms with Gasteiger partial charge in [0.1, 0.15) is 12.4 Å². The standard InChI is InChI=1S/C14H26ClNO/c1-11(2)13(15)7-8-14(12(3)4)17-10-9-16(5)6/h7-8,11,13H,9-10H2,1-6H3/b8-7-. The smallest absolute Gasteiger partial charge is 0.117 e. The molecule has 0 aliphatic rings. The lowest BCUT2D eigenvalue weighted by Crippen LogP contribution is -2.17. The molecule has 1 unspecified atom stereocenters. The van der Waals surface area contributed by atoms with Gasteiger partial charge in [0.25, 0.3) is 0 Å². The monoisotopic (exact) mass is 259 g/mol. The molecule has 0 aliphatic carbocycles. The Morgan fingerprint density at radius 1 is 1.29 bits per heavy atom. The van der Waals surface area contributed by atoms with Crippen LogP contribution < -0.4 is 0 Å². The summed E-state index contributed by atoms with van der Waals surface area (Å²) in [6.45, 7) is 9.93. The van der Waals surface area contributed by atoms with Gasteiger partial charge in [0.05, 0.1) is 5.38 Å². The second-order valence-electron chi connectivity index (χ2n) is 5.06. The van der Waals surface area contributed by atoms with Gasteiger partial charge in [0, 0.05) is 6.54 Å². The number of allylic oxidation sites excluding steroid dienone is 3. The Balaban J connectivity index is 4.32. The number of nitrogens with zero attached hydrogens (tertiary/aromatic N) is 1. The van der Waals surface area contributed by atoms with Crippen molar-refractivity contribution in [3.8, 4) is 0 Å². The van der Waals surface area contributed by atoms with Crippen LogP contribution in [0.15, 0.2) is 23.5 Å². The summed E-state index contributed by atoms with van der Waals surface area (Å²) in [6, 6.07) is 0. The maximum Gasteiger partial charge on any atom is 0.117 e. The molecule has 0 aliphatic heterocycles.